The number of Topliss-reactive ketones (excluding diaryl/α,β-unsaturated/α-hetero) is 1. The molecule has 0 spiro atoms. The van der Waals surface area contributed by atoms with E-state index in [1.165, 1.54) is 11.8 Å². The second kappa shape index (κ2) is 7.01. The predicted molar refractivity (Wildman–Crippen MR) is 101 cm³/mol. The van der Waals surface area contributed by atoms with E-state index in [4.69, 9.17) is 0 Å². The molecular weight excluding hydrogens is 354 g/mol. The van der Waals surface area contributed by atoms with Gasteiger partial charge in [0.15, 0.2) is 10.1 Å². The maximum atomic E-state index is 12.4. The van der Waals surface area contributed by atoms with E-state index in [1.807, 2.05) is 29.2 Å². The molecule has 0 saturated carbocycles. The molecule has 7 heteroatoms. The Morgan fingerprint density at radius 2 is 2.04 bits per heavy atom. The van der Waals surface area contributed by atoms with E-state index in [9.17, 15) is 9.59 Å². The maximum Gasteiger partial charge on any atom is 0.270 e. The SMILES string of the molecule is O=C(CSc1nc2ccccc2s1)c1c[nH]c(C(=O)N2CCCC2)c1. The third-order valence-corrected chi connectivity index (χ3v) is 6.41. The highest BCUT2D eigenvalue weighted by Gasteiger charge is 2.21. The Kier molecular flexibility index (Phi) is 4.59. The third kappa shape index (κ3) is 3.48. The Hall–Kier alpha value is -2.12. The lowest BCUT2D eigenvalue weighted by atomic mass is 10.2. The molecule has 0 radical (unpaired) electrons. The summed E-state index contributed by atoms with van der Waals surface area (Å²) in [5.74, 6) is 0.297. The number of para-hydroxylation sites is 1. The predicted octanol–water partition coefficient (Wildman–Crippen LogP) is 3.84. The van der Waals surface area contributed by atoms with E-state index in [0.29, 0.717) is 17.0 Å². The largest absolute Gasteiger partial charge is 0.356 e. The number of aromatic nitrogens is 2. The molecule has 1 amide bonds. The number of thiazole rings is 1. The molecule has 0 atom stereocenters. The number of hydrogen-bond donors (Lipinski definition) is 1. The fraction of sp³-hybridized carbons (Fsp3) is 0.278. The number of benzene rings is 1. The zero-order valence-electron chi connectivity index (χ0n) is 13.5. The van der Waals surface area contributed by atoms with Gasteiger partial charge in [0, 0.05) is 24.8 Å². The highest BCUT2D eigenvalue weighted by atomic mass is 32.2. The summed E-state index contributed by atoms with van der Waals surface area (Å²) in [6.45, 7) is 1.60. The summed E-state index contributed by atoms with van der Waals surface area (Å²) < 4.78 is 2.01. The Morgan fingerprint density at radius 3 is 2.84 bits per heavy atom. The van der Waals surface area contributed by atoms with Gasteiger partial charge in [0.2, 0.25) is 0 Å². The van der Waals surface area contributed by atoms with Crippen molar-refractivity contribution in [1.29, 1.82) is 0 Å². The third-order valence-electron chi connectivity index (χ3n) is 4.23. The lowest BCUT2D eigenvalue weighted by Crippen LogP contribution is -2.27. The first-order valence-corrected chi connectivity index (χ1v) is 10.0. The Labute approximate surface area is 153 Å². The van der Waals surface area contributed by atoms with Gasteiger partial charge < -0.3 is 9.88 Å². The zero-order valence-corrected chi connectivity index (χ0v) is 15.2. The smallest absolute Gasteiger partial charge is 0.270 e. The molecule has 0 unspecified atom stereocenters. The number of ketones is 1. The number of nitrogens with zero attached hydrogens (tertiary/aromatic N) is 2. The molecule has 128 valence electrons. The number of likely N-dealkylation sites (tertiary alicyclic amines) is 1. The van der Waals surface area contributed by atoms with Crippen molar-refractivity contribution in [2.75, 3.05) is 18.8 Å². The van der Waals surface area contributed by atoms with Crippen LogP contribution in [0.4, 0.5) is 0 Å². The lowest BCUT2D eigenvalue weighted by Gasteiger charge is -2.13. The number of fused-ring (bicyclic) bond motifs is 1. The van der Waals surface area contributed by atoms with Crippen LogP contribution in [-0.4, -0.2) is 45.4 Å². The number of nitrogens with one attached hydrogen (secondary N) is 1. The van der Waals surface area contributed by atoms with E-state index in [-0.39, 0.29) is 11.7 Å². The molecule has 0 bridgehead atoms. The lowest BCUT2D eigenvalue weighted by molar-refractivity contribution is 0.0787. The van der Waals surface area contributed by atoms with Gasteiger partial charge in [0.25, 0.3) is 5.91 Å². The highest BCUT2D eigenvalue weighted by molar-refractivity contribution is 8.01. The highest BCUT2D eigenvalue weighted by Crippen LogP contribution is 2.29. The Morgan fingerprint density at radius 1 is 1.24 bits per heavy atom. The van der Waals surface area contributed by atoms with Crippen molar-refractivity contribution in [3.05, 3.63) is 47.8 Å². The van der Waals surface area contributed by atoms with Crippen LogP contribution >= 0.6 is 23.1 Å². The molecule has 5 nitrogen and oxygen atoms in total. The monoisotopic (exact) mass is 371 g/mol. The van der Waals surface area contributed by atoms with E-state index in [0.717, 1.165) is 40.5 Å². The summed E-state index contributed by atoms with van der Waals surface area (Å²) in [5, 5.41) is 0. The second-order valence-corrected chi connectivity index (χ2v) is 8.21. The van der Waals surface area contributed by atoms with Gasteiger partial charge in [-0.1, -0.05) is 23.9 Å². The molecule has 4 rings (SSSR count). The topological polar surface area (TPSA) is 66.1 Å². The summed E-state index contributed by atoms with van der Waals surface area (Å²) in [7, 11) is 0. The van der Waals surface area contributed by atoms with Crippen molar-refractivity contribution in [1.82, 2.24) is 14.9 Å². The van der Waals surface area contributed by atoms with Crippen LogP contribution in [0.1, 0.15) is 33.7 Å². The number of aromatic amines is 1. The number of H-pyrrole nitrogens is 1. The molecule has 1 aromatic carbocycles. The number of carbonyl (C=O) groups excluding carboxylic acids is 2. The zero-order chi connectivity index (χ0) is 17.2. The van der Waals surface area contributed by atoms with E-state index >= 15 is 0 Å². The summed E-state index contributed by atoms with van der Waals surface area (Å²) in [6.07, 6.45) is 3.73. The molecule has 2 aromatic heterocycles. The molecule has 0 aliphatic carbocycles. The minimum absolute atomic E-state index is 0.000906. The van der Waals surface area contributed by atoms with Gasteiger partial charge in [0.05, 0.1) is 16.0 Å². The van der Waals surface area contributed by atoms with Gasteiger partial charge in [-0.2, -0.15) is 0 Å². The molecular formula is C18H17N3O2S2. The Bertz CT molecular complexity index is 892. The van der Waals surface area contributed by atoms with Gasteiger partial charge in [-0.25, -0.2) is 4.98 Å². The molecule has 25 heavy (non-hydrogen) atoms. The van der Waals surface area contributed by atoms with Crippen molar-refractivity contribution in [3.8, 4) is 0 Å². The van der Waals surface area contributed by atoms with Crippen LogP contribution in [-0.2, 0) is 0 Å². The van der Waals surface area contributed by atoms with Crippen LogP contribution in [0.15, 0.2) is 40.9 Å². The summed E-state index contributed by atoms with van der Waals surface area (Å²) in [5.41, 5.74) is 2.01. The molecule has 1 N–H and O–H groups in total. The minimum Gasteiger partial charge on any atom is -0.356 e. The second-order valence-electron chi connectivity index (χ2n) is 5.96. The van der Waals surface area contributed by atoms with Crippen molar-refractivity contribution >= 4 is 45.0 Å². The summed E-state index contributed by atoms with van der Waals surface area (Å²) in [4.78, 5) is 34.0. The standard InChI is InChI=1S/C18H17N3O2S2/c22-15(11-24-18-20-13-5-1-2-6-16(13)25-18)12-9-14(19-10-12)17(23)21-7-3-4-8-21/h1-2,5-6,9-10,19H,3-4,7-8,11H2. The molecule has 1 saturated heterocycles. The van der Waals surface area contributed by atoms with Gasteiger partial charge in [-0.3, -0.25) is 9.59 Å². The van der Waals surface area contributed by atoms with Crippen LogP contribution in [0, 0.1) is 0 Å². The average Bonchev–Trinajstić information content (AvgIpc) is 3.39. The minimum atomic E-state index is -0.0182. The van der Waals surface area contributed by atoms with Gasteiger partial charge >= 0.3 is 0 Å². The fourth-order valence-corrected chi connectivity index (χ4v) is 4.86. The summed E-state index contributed by atoms with van der Waals surface area (Å²) in [6, 6.07) is 9.61. The van der Waals surface area contributed by atoms with Crippen molar-refractivity contribution in [2.45, 2.75) is 17.2 Å². The summed E-state index contributed by atoms with van der Waals surface area (Å²) >= 11 is 3.03. The van der Waals surface area contributed by atoms with Crippen molar-refractivity contribution < 1.29 is 9.59 Å². The maximum absolute atomic E-state index is 12.4. The van der Waals surface area contributed by atoms with Crippen molar-refractivity contribution in [3.63, 3.8) is 0 Å². The van der Waals surface area contributed by atoms with E-state index in [1.54, 1.807) is 23.6 Å². The number of amides is 1. The molecule has 1 aliphatic rings. The number of hydrogen-bond acceptors (Lipinski definition) is 5. The van der Waals surface area contributed by atoms with Crippen LogP contribution in [0.2, 0.25) is 0 Å². The molecule has 1 aliphatic heterocycles. The normalized spacial score (nSPS) is 14.3. The number of rotatable bonds is 5. The average molecular weight is 371 g/mol. The number of carbonyl (C=O) groups is 2. The number of thioether (sulfide) groups is 1. The van der Waals surface area contributed by atoms with Crippen LogP contribution in [0.25, 0.3) is 10.2 Å². The quantitative estimate of drug-likeness (QED) is 0.547. The Balaban J connectivity index is 1.40. The van der Waals surface area contributed by atoms with Gasteiger partial charge in [-0.15, -0.1) is 11.3 Å². The molecule has 3 aromatic rings. The first-order valence-electron chi connectivity index (χ1n) is 8.20. The van der Waals surface area contributed by atoms with Crippen LogP contribution in [0.3, 0.4) is 0 Å². The van der Waals surface area contributed by atoms with Crippen LogP contribution in [0.5, 0.6) is 0 Å². The van der Waals surface area contributed by atoms with E-state index in [2.05, 4.69) is 9.97 Å². The van der Waals surface area contributed by atoms with E-state index < -0.39 is 0 Å². The molecule has 1 fully saturated rings. The first kappa shape index (κ1) is 16.4. The van der Waals surface area contributed by atoms with Gasteiger partial charge in [-0.05, 0) is 31.0 Å². The molecule has 3 heterocycles. The van der Waals surface area contributed by atoms with Gasteiger partial charge in [0.1, 0.15) is 5.69 Å². The van der Waals surface area contributed by atoms with Crippen LogP contribution < -0.4 is 0 Å². The first-order chi connectivity index (χ1) is 12.2. The fourth-order valence-electron chi connectivity index (χ4n) is 2.89. The van der Waals surface area contributed by atoms with Crippen molar-refractivity contribution in [2.24, 2.45) is 0 Å².